The molecule has 23 heavy (non-hydrogen) atoms. The molecule has 0 fully saturated rings. The zero-order chi connectivity index (χ0) is 17.1. The molecule has 0 saturated carbocycles. The second-order valence-corrected chi connectivity index (χ2v) is 4.82. The fourth-order valence-electron chi connectivity index (χ4n) is 1.85. The van der Waals surface area contributed by atoms with Crippen LogP contribution >= 0.6 is 0 Å². The standard InChI is InChI=1S/C17H23N3O3/c1-4-23-9-5-8-19-17(21)14(11-18)12-20-15-10-13(2)6-7-16(15)22-3/h6-7,10,12,20H,4-5,8-9H2,1-3H3,(H,19,21)/b14-12-. The summed E-state index contributed by atoms with van der Waals surface area (Å²) in [5.41, 5.74) is 1.75. The highest BCUT2D eigenvalue weighted by molar-refractivity contribution is 5.97. The number of anilines is 1. The summed E-state index contributed by atoms with van der Waals surface area (Å²) in [7, 11) is 1.57. The number of benzene rings is 1. The first-order valence-electron chi connectivity index (χ1n) is 7.49. The molecule has 1 aromatic carbocycles. The van der Waals surface area contributed by atoms with Crippen LogP contribution < -0.4 is 15.4 Å². The average molecular weight is 317 g/mol. The number of carbonyl (C=O) groups is 1. The molecular formula is C17H23N3O3. The summed E-state index contributed by atoms with van der Waals surface area (Å²) in [4.78, 5) is 11.9. The van der Waals surface area contributed by atoms with Gasteiger partial charge in [-0.1, -0.05) is 6.07 Å². The van der Waals surface area contributed by atoms with Crippen LogP contribution in [0.5, 0.6) is 5.75 Å². The summed E-state index contributed by atoms with van der Waals surface area (Å²) in [6, 6.07) is 7.52. The number of hydrogen-bond donors (Lipinski definition) is 2. The number of amides is 1. The molecule has 0 heterocycles. The van der Waals surface area contributed by atoms with Crippen LogP contribution in [-0.2, 0) is 9.53 Å². The summed E-state index contributed by atoms with van der Waals surface area (Å²) in [5.74, 6) is 0.226. The van der Waals surface area contributed by atoms with Crippen LogP contribution in [0.4, 0.5) is 5.69 Å². The van der Waals surface area contributed by atoms with Crippen molar-refractivity contribution in [2.75, 3.05) is 32.2 Å². The van der Waals surface area contributed by atoms with Gasteiger partial charge >= 0.3 is 0 Å². The molecule has 0 bridgehead atoms. The summed E-state index contributed by atoms with van der Waals surface area (Å²) in [6.07, 6.45) is 2.09. The molecule has 1 amide bonds. The van der Waals surface area contributed by atoms with Gasteiger partial charge in [0.05, 0.1) is 12.8 Å². The maximum Gasteiger partial charge on any atom is 0.263 e. The lowest BCUT2D eigenvalue weighted by Crippen LogP contribution is -2.26. The number of methoxy groups -OCH3 is 1. The van der Waals surface area contributed by atoms with Crippen molar-refractivity contribution in [3.05, 3.63) is 35.5 Å². The quantitative estimate of drug-likeness (QED) is 0.415. The van der Waals surface area contributed by atoms with Crippen molar-refractivity contribution in [3.63, 3.8) is 0 Å². The highest BCUT2D eigenvalue weighted by atomic mass is 16.5. The zero-order valence-electron chi connectivity index (χ0n) is 13.8. The number of ether oxygens (including phenoxy) is 2. The van der Waals surface area contributed by atoms with Crippen LogP contribution in [0.1, 0.15) is 18.9 Å². The molecule has 6 nitrogen and oxygen atoms in total. The van der Waals surface area contributed by atoms with Crippen molar-refractivity contribution >= 4 is 11.6 Å². The van der Waals surface area contributed by atoms with E-state index in [1.54, 1.807) is 7.11 Å². The molecule has 0 aromatic heterocycles. The first-order valence-corrected chi connectivity index (χ1v) is 7.49. The summed E-state index contributed by atoms with van der Waals surface area (Å²) < 4.78 is 10.4. The fraction of sp³-hybridized carbons (Fsp3) is 0.412. The van der Waals surface area contributed by atoms with Gasteiger partial charge in [0.15, 0.2) is 0 Å². The van der Waals surface area contributed by atoms with Crippen LogP contribution in [-0.4, -0.2) is 32.8 Å². The SMILES string of the molecule is CCOCCCNC(=O)/C(C#N)=C\Nc1cc(C)ccc1OC. The molecule has 1 aromatic rings. The number of hydrogen-bond acceptors (Lipinski definition) is 5. The number of nitriles is 1. The van der Waals surface area contributed by atoms with Gasteiger partial charge in [-0.3, -0.25) is 4.79 Å². The molecule has 1 rings (SSSR count). The molecule has 2 N–H and O–H groups in total. The minimum atomic E-state index is -0.414. The number of nitrogens with zero attached hydrogens (tertiary/aromatic N) is 1. The maximum atomic E-state index is 11.9. The number of carbonyl (C=O) groups excluding carboxylic acids is 1. The Kier molecular flexibility index (Phi) is 8.25. The summed E-state index contributed by atoms with van der Waals surface area (Å²) >= 11 is 0. The van der Waals surface area contributed by atoms with E-state index in [-0.39, 0.29) is 5.57 Å². The highest BCUT2D eigenvalue weighted by Crippen LogP contribution is 2.25. The highest BCUT2D eigenvalue weighted by Gasteiger charge is 2.09. The Bertz CT molecular complexity index is 591. The Morgan fingerprint density at radius 2 is 2.22 bits per heavy atom. The van der Waals surface area contributed by atoms with E-state index >= 15 is 0 Å². The largest absolute Gasteiger partial charge is 0.495 e. The van der Waals surface area contributed by atoms with E-state index in [1.165, 1.54) is 6.20 Å². The third-order valence-electron chi connectivity index (χ3n) is 3.05. The van der Waals surface area contributed by atoms with Crippen LogP contribution in [0.15, 0.2) is 30.0 Å². The second kappa shape index (κ2) is 10.2. The minimum absolute atomic E-state index is 0.00460. The molecule has 0 aliphatic carbocycles. The molecule has 0 atom stereocenters. The van der Waals surface area contributed by atoms with Gasteiger partial charge < -0.3 is 20.1 Å². The summed E-state index contributed by atoms with van der Waals surface area (Å²) in [6.45, 7) is 5.57. The third-order valence-corrected chi connectivity index (χ3v) is 3.05. The first kappa shape index (κ1) is 18.5. The van der Waals surface area contributed by atoms with E-state index in [9.17, 15) is 4.79 Å². The molecule has 0 aliphatic heterocycles. The van der Waals surface area contributed by atoms with E-state index in [0.717, 1.165) is 5.56 Å². The van der Waals surface area contributed by atoms with Gasteiger partial charge in [-0.25, -0.2) is 0 Å². The lowest BCUT2D eigenvalue weighted by atomic mass is 10.2. The predicted octanol–water partition coefficient (Wildman–Crippen LogP) is 2.37. The molecule has 124 valence electrons. The normalized spacial score (nSPS) is 10.8. The smallest absolute Gasteiger partial charge is 0.263 e. The molecule has 0 radical (unpaired) electrons. The van der Waals surface area contributed by atoms with Crippen molar-refractivity contribution in [1.82, 2.24) is 5.32 Å². The van der Waals surface area contributed by atoms with Gasteiger partial charge in [-0.2, -0.15) is 5.26 Å². The van der Waals surface area contributed by atoms with E-state index in [4.69, 9.17) is 14.7 Å². The molecule has 6 heteroatoms. The Labute approximate surface area is 137 Å². The van der Waals surface area contributed by atoms with Crippen LogP contribution in [0.3, 0.4) is 0 Å². The van der Waals surface area contributed by atoms with Crippen molar-refractivity contribution < 1.29 is 14.3 Å². The van der Waals surface area contributed by atoms with Gasteiger partial charge in [0, 0.05) is 26.0 Å². The van der Waals surface area contributed by atoms with Crippen molar-refractivity contribution in [2.45, 2.75) is 20.3 Å². The van der Waals surface area contributed by atoms with Gasteiger partial charge in [0.2, 0.25) is 0 Å². The maximum absolute atomic E-state index is 11.9. The number of nitrogens with one attached hydrogen (secondary N) is 2. The minimum Gasteiger partial charge on any atom is -0.495 e. The lowest BCUT2D eigenvalue weighted by molar-refractivity contribution is -0.117. The van der Waals surface area contributed by atoms with Crippen molar-refractivity contribution in [1.29, 1.82) is 5.26 Å². The van der Waals surface area contributed by atoms with E-state index in [2.05, 4.69) is 10.6 Å². The van der Waals surface area contributed by atoms with E-state index < -0.39 is 5.91 Å². The topological polar surface area (TPSA) is 83.4 Å². The summed E-state index contributed by atoms with van der Waals surface area (Å²) in [5, 5.41) is 14.8. The molecule has 0 spiro atoms. The molecular weight excluding hydrogens is 294 g/mol. The Morgan fingerprint density at radius 3 is 2.87 bits per heavy atom. The molecule has 0 aliphatic rings. The number of rotatable bonds is 9. The number of aryl methyl sites for hydroxylation is 1. The van der Waals surface area contributed by atoms with E-state index in [0.29, 0.717) is 37.6 Å². The molecule has 0 unspecified atom stereocenters. The van der Waals surface area contributed by atoms with Crippen molar-refractivity contribution in [2.24, 2.45) is 0 Å². The predicted molar refractivity (Wildman–Crippen MR) is 89.2 cm³/mol. The van der Waals surface area contributed by atoms with Gasteiger partial charge in [-0.15, -0.1) is 0 Å². The van der Waals surface area contributed by atoms with Crippen LogP contribution in [0, 0.1) is 18.3 Å². The van der Waals surface area contributed by atoms with Crippen LogP contribution in [0.25, 0.3) is 0 Å². The van der Waals surface area contributed by atoms with Gasteiger partial charge in [0.1, 0.15) is 17.4 Å². The Morgan fingerprint density at radius 1 is 1.43 bits per heavy atom. The lowest BCUT2D eigenvalue weighted by Gasteiger charge is -2.10. The molecule has 0 saturated heterocycles. The first-order chi connectivity index (χ1) is 11.1. The van der Waals surface area contributed by atoms with Gasteiger partial charge in [-0.05, 0) is 38.0 Å². The van der Waals surface area contributed by atoms with Crippen LogP contribution in [0.2, 0.25) is 0 Å². The fourth-order valence-corrected chi connectivity index (χ4v) is 1.85. The second-order valence-electron chi connectivity index (χ2n) is 4.82. The monoisotopic (exact) mass is 317 g/mol. The zero-order valence-corrected chi connectivity index (χ0v) is 13.8. The van der Waals surface area contributed by atoms with Crippen molar-refractivity contribution in [3.8, 4) is 11.8 Å². The van der Waals surface area contributed by atoms with Gasteiger partial charge in [0.25, 0.3) is 5.91 Å². The van der Waals surface area contributed by atoms with E-state index in [1.807, 2.05) is 38.1 Å². The average Bonchev–Trinajstić information content (AvgIpc) is 2.55. The Balaban J connectivity index is 2.63. The third kappa shape index (κ3) is 6.41. The Hall–Kier alpha value is -2.52.